The normalized spacial score (nSPS) is 19.1. The molecule has 1 amide bonds. The molecule has 0 radical (unpaired) electrons. The molecule has 1 aliphatic heterocycles. The van der Waals surface area contributed by atoms with E-state index in [1.165, 1.54) is 24.9 Å². The fraction of sp³-hybridized carbons (Fsp3) is 0.571. The van der Waals surface area contributed by atoms with E-state index in [9.17, 15) is 9.90 Å². The molecule has 0 spiro atoms. The molecule has 1 fully saturated rings. The molecule has 5 nitrogen and oxygen atoms in total. The van der Waals surface area contributed by atoms with Crippen LogP contribution in [0.5, 0.6) is 5.75 Å². The number of hydrogen-bond donors (Lipinski definition) is 1. The van der Waals surface area contributed by atoms with Gasteiger partial charge in [0.2, 0.25) is 0 Å². The predicted octanol–water partition coefficient (Wildman–Crippen LogP) is 1.82. The number of nitrogens with zero attached hydrogens (tertiary/aromatic N) is 2. The Labute approximate surface area is 113 Å². The van der Waals surface area contributed by atoms with Gasteiger partial charge in [-0.3, -0.25) is 9.78 Å². The second-order valence-electron chi connectivity index (χ2n) is 4.90. The summed E-state index contributed by atoms with van der Waals surface area (Å²) < 4.78 is 5.64. The van der Waals surface area contributed by atoms with E-state index >= 15 is 0 Å². The number of aromatic nitrogens is 1. The minimum absolute atomic E-state index is 0.0757. The highest BCUT2D eigenvalue weighted by atomic mass is 16.5. The molecule has 0 unspecified atom stereocenters. The smallest absolute Gasteiger partial charge is 0.257 e. The van der Waals surface area contributed by atoms with Crippen molar-refractivity contribution in [2.75, 3.05) is 20.2 Å². The molecule has 1 N–H and O–H groups in total. The highest BCUT2D eigenvalue weighted by Crippen LogP contribution is 2.18. The predicted molar refractivity (Wildman–Crippen MR) is 71.1 cm³/mol. The SMILES string of the molecule is CN(CC[C@@H]1CCCCO1)C(=O)c1ccncc1O. The van der Waals surface area contributed by atoms with Crippen LogP contribution in [0.3, 0.4) is 0 Å². The Morgan fingerprint density at radius 2 is 2.42 bits per heavy atom. The minimum Gasteiger partial charge on any atom is -0.505 e. The Morgan fingerprint density at radius 3 is 3.11 bits per heavy atom. The summed E-state index contributed by atoms with van der Waals surface area (Å²) in [5, 5.41) is 9.61. The molecule has 1 aromatic heterocycles. The van der Waals surface area contributed by atoms with Crippen LogP contribution in [0.25, 0.3) is 0 Å². The van der Waals surface area contributed by atoms with Gasteiger partial charge in [0.05, 0.1) is 17.9 Å². The van der Waals surface area contributed by atoms with Gasteiger partial charge in [-0.2, -0.15) is 0 Å². The molecule has 5 heteroatoms. The van der Waals surface area contributed by atoms with Crippen LogP contribution in [0.1, 0.15) is 36.0 Å². The molecular formula is C14H20N2O3. The third-order valence-electron chi connectivity index (χ3n) is 3.44. The molecule has 2 heterocycles. The van der Waals surface area contributed by atoms with E-state index in [2.05, 4.69) is 4.98 Å². The summed E-state index contributed by atoms with van der Waals surface area (Å²) in [5.74, 6) is -0.260. The van der Waals surface area contributed by atoms with Crippen molar-refractivity contribution in [2.24, 2.45) is 0 Å². The Kier molecular flexibility index (Phi) is 4.74. The fourth-order valence-electron chi connectivity index (χ4n) is 2.25. The molecular weight excluding hydrogens is 244 g/mol. The third kappa shape index (κ3) is 3.67. The Hall–Kier alpha value is -1.62. The first kappa shape index (κ1) is 13.8. The molecule has 0 saturated carbocycles. The van der Waals surface area contributed by atoms with Gasteiger partial charge in [0.1, 0.15) is 5.75 Å². The van der Waals surface area contributed by atoms with Crippen LogP contribution in [-0.2, 0) is 4.74 Å². The number of ether oxygens (including phenoxy) is 1. The number of aromatic hydroxyl groups is 1. The van der Waals surface area contributed by atoms with E-state index in [0.29, 0.717) is 12.1 Å². The largest absolute Gasteiger partial charge is 0.505 e. The highest BCUT2D eigenvalue weighted by molar-refractivity contribution is 5.96. The molecule has 1 aromatic rings. The fourth-order valence-corrected chi connectivity index (χ4v) is 2.25. The van der Waals surface area contributed by atoms with Crippen LogP contribution in [0.2, 0.25) is 0 Å². The first-order valence-electron chi connectivity index (χ1n) is 6.68. The Bertz CT molecular complexity index is 430. The summed E-state index contributed by atoms with van der Waals surface area (Å²) in [6.45, 7) is 1.46. The van der Waals surface area contributed by atoms with Crippen LogP contribution in [-0.4, -0.2) is 47.2 Å². The van der Waals surface area contributed by atoms with E-state index in [1.807, 2.05) is 0 Å². The molecule has 0 bridgehead atoms. The summed E-state index contributed by atoms with van der Waals surface area (Å²) in [6.07, 6.45) is 7.30. The lowest BCUT2D eigenvalue weighted by atomic mass is 10.1. The minimum atomic E-state index is -0.185. The lowest BCUT2D eigenvalue weighted by Gasteiger charge is -2.25. The van der Waals surface area contributed by atoms with E-state index < -0.39 is 0 Å². The van der Waals surface area contributed by atoms with Crippen molar-refractivity contribution in [3.63, 3.8) is 0 Å². The summed E-state index contributed by atoms with van der Waals surface area (Å²) in [4.78, 5) is 17.5. The molecule has 0 aliphatic carbocycles. The maximum atomic E-state index is 12.1. The van der Waals surface area contributed by atoms with Gasteiger partial charge in [0.25, 0.3) is 5.91 Å². The van der Waals surface area contributed by atoms with Gasteiger partial charge >= 0.3 is 0 Å². The van der Waals surface area contributed by atoms with Crippen LogP contribution in [0, 0.1) is 0 Å². The quantitative estimate of drug-likeness (QED) is 0.901. The number of carbonyl (C=O) groups excluding carboxylic acids is 1. The van der Waals surface area contributed by atoms with Gasteiger partial charge in [-0.15, -0.1) is 0 Å². The number of amides is 1. The van der Waals surface area contributed by atoms with Crippen molar-refractivity contribution < 1.29 is 14.6 Å². The maximum Gasteiger partial charge on any atom is 0.257 e. The summed E-state index contributed by atoms with van der Waals surface area (Å²) in [6, 6.07) is 1.53. The lowest BCUT2D eigenvalue weighted by Crippen LogP contribution is -2.31. The van der Waals surface area contributed by atoms with Crippen molar-refractivity contribution >= 4 is 5.91 Å². The molecule has 1 saturated heterocycles. The van der Waals surface area contributed by atoms with Crippen molar-refractivity contribution in [3.8, 4) is 5.75 Å². The van der Waals surface area contributed by atoms with Crippen LogP contribution >= 0.6 is 0 Å². The highest BCUT2D eigenvalue weighted by Gasteiger charge is 2.18. The second-order valence-corrected chi connectivity index (χ2v) is 4.90. The molecule has 1 aliphatic rings. The zero-order chi connectivity index (χ0) is 13.7. The van der Waals surface area contributed by atoms with Crippen LogP contribution in [0.4, 0.5) is 0 Å². The number of pyridine rings is 1. The summed E-state index contributed by atoms with van der Waals surface area (Å²) in [5.41, 5.74) is 0.294. The zero-order valence-electron chi connectivity index (χ0n) is 11.2. The Balaban J connectivity index is 1.87. The van der Waals surface area contributed by atoms with Gasteiger partial charge in [-0.1, -0.05) is 0 Å². The average molecular weight is 264 g/mol. The summed E-state index contributed by atoms with van der Waals surface area (Å²) >= 11 is 0. The van der Waals surface area contributed by atoms with Gasteiger partial charge in [-0.05, 0) is 31.7 Å². The first-order valence-corrected chi connectivity index (χ1v) is 6.68. The van der Waals surface area contributed by atoms with E-state index in [1.54, 1.807) is 11.9 Å². The topological polar surface area (TPSA) is 62.7 Å². The maximum absolute atomic E-state index is 12.1. The first-order chi connectivity index (χ1) is 9.18. The number of carbonyl (C=O) groups is 1. The monoisotopic (exact) mass is 264 g/mol. The van der Waals surface area contributed by atoms with Gasteiger partial charge in [0, 0.05) is 26.4 Å². The lowest BCUT2D eigenvalue weighted by molar-refractivity contribution is 0.00708. The molecule has 2 rings (SSSR count). The van der Waals surface area contributed by atoms with E-state index in [-0.39, 0.29) is 17.8 Å². The van der Waals surface area contributed by atoms with Crippen molar-refractivity contribution in [1.82, 2.24) is 9.88 Å². The van der Waals surface area contributed by atoms with Gasteiger partial charge in [-0.25, -0.2) is 0 Å². The van der Waals surface area contributed by atoms with E-state index in [0.717, 1.165) is 25.9 Å². The standard InChI is InChI=1S/C14H20N2O3/c1-16(8-6-11-4-2-3-9-19-11)14(18)12-5-7-15-10-13(12)17/h5,7,10-11,17H,2-4,6,8-9H2,1H3/t11-/m0/s1. The van der Waals surface area contributed by atoms with E-state index in [4.69, 9.17) is 4.74 Å². The number of hydrogen-bond acceptors (Lipinski definition) is 4. The molecule has 0 aromatic carbocycles. The Morgan fingerprint density at radius 1 is 1.58 bits per heavy atom. The van der Waals surface area contributed by atoms with Crippen LogP contribution < -0.4 is 0 Å². The van der Waals surface area contributed by atoms with Crippen molar-refractivity contribution in [3.05, 3.63) is 24.0 Å². The zero-order valence-corrected chi connectivity index (χ0v) is 11.2. The molecule has 19 heavy (non-hydrogen) atoms. The number of rotatable bonds is 4. The van der Waals surface area contributed by atoms with Gasteiger partial charge < -0.3 is 14.7 Å². The molecule has 1 atom stereocenters. The van der Waals surface area contributed by atoms with Crippen molar-refractivity contribution in [2.45, 2.75) is 31.8 Å². The van der Waals surface area contributed by atoms with Crippen molar-refractivity contribution in [1.29, 1.82) is 0 Å². The van der Waals surface area contributed by atoms with Gasteiger partial charge in [0.15, 0.2) is 0 Å². The third-order valence-corrected chi connectivity index (χ3v) is 3.44. The van der Waals surface area contributed by atoms with Crippen LogP contribution in [0.15, 0.2) is 18.5 Å². The second kappa shape index (κ2) is 6.52. The summed E-state index contributed by atoms with van der Waals surface area (Å²) in [7, 11) is 1.74. The average Bonchev–Trinajstić information content (AvgIpc) is 2.45. The molecule has 104 valence electrons.